The molecule has 1 fully saturated rings. The fourth-order valence-corrected chi connectivity index (χ4v) is 2.74. The van der Waals surface area contributed by atoms with Gasteiger partial charge in [-0.3, -0.25) is 9.80 Å². The fourth-order valence-electron chi connectivity index (χ4n) is 2.74. The lowest BCUT2D eigenvalue weighted by molar-refractivity contribution is 0.0856. The molecule has 106 valence electrons. The van der Waals surface area contributed by atoms with Crippen molar-refractivity contribution in [2.24, 2.45) is 5.73 Å². The van der Waals surface area contributed by atoms with Gasteiger partial charge in [0.15, 0.2) is 0 Å². The van der Waals surface area contributed by atoms with E-state index < -0.39 is 0 Å². The van der Waals surface area contributed by atoms with Crippen molar-refractivity contribution >= 4 is 0 Å². The van der Waals surface area contributed by atoms with E-state index in [9.17, 15) is 0 Å². The quantitative estimate of drug-likeness (QED) is 0.819. The zero-order valence-corrected chi connectivity index (χ0v) is 11.8. The zero-order chi connectivity index (χ0) is 13.5. The first-order valence-electron chi connectivity index (χ1n) is 7.26. The molecule has 2 N–H and O–H groups in total. The summed E-state index contributed by atoms with van der Waals surface area (Å²) in [5, 5.41) is 0. The molecule has 1 atom stereocenters. The highest BCUT2D eigenvalue weighted by Gasteiger charge is 2.22. The lowest BCUT2D eigenvalue weighted by atomic mass is 10.1. The number of hydrogen-bond acceptors (Lipinski definition) is 5. The summed E-state index contributed by atoms with van der Waals surface area (Å²) in [6, 6.07) is 2.51. The molecule has 1 aliphatic heterocycles. The van der Waals surface area contributed by atoms with E-state index in [1.807, 2.05) is 18.5 Å². The van der Waals surface area contributed by atoms with Crippen LogP contribution >= 0.6 is 0 Å². The molecule has 1 aliphatic rings. The molecule has 19 heavy (non-hydrogen) atoms. The smallest absolute Gasteiger partial charge is 0.142 e. The molecule has 0 aromatic carbocycles. The maximum absolute atomic E-state index is 5.69. The maximum atomic E-state index is 5.69. The minimum atomic E-state index is 0.653. The van der Waals surface area contributed by atoms with Crippen LogP contribution < -0.4 is 5.73 Å². The van der Waals surface area contributed by atoms with Gasteiger partial charge in [0.05, 0.1) is 6.54 Å². The Morgan fingerprint density at radius 2 is 1.89 bits per heavy atom. The molecule has 2 heterocycles. The van der Waals surface area contributed by atoms with E-state index in [-0.39, 0.29) is 0 Å². The highest BCUT2D eigenvalue weighted by atomic mass is 15.3. The molecule has 0 amide bonds. The maximum Gasteiger partial charge on any atom is 0.142 e. The van der Waals surface area contributed by atoms with Crippen LogP contribution in [0.25, 0.3) is 0 Å². The van der Waals surface area contributed by atoms with Gasteiger partial charge < -0.3 is 5.73 Å². The number of rotatable bonds is 6. The second-order valence-corrected chi connectivity index (χ2v) is 5.12. The van der Waals surface area contributed by atoms with Crippen LogP contribution in [0.1, 0.15) is 25.6 Å². The van der Waals surface area contributed by atoms with Crippen LogP contribution in [0.4, 0.5) is 0 Å². The van der Waals surface area contributed by atoms with Crippen LogP contribution in [0, 0.1) is 0 Å². The Morgan fingerprint density at radius 3 is 2.47 bits per heavy atom. The average Bonchev–Trinajstić information content (AvgIpc) is 2.47. The minimum absolute atomic E-state index is 0.653. The van der Waals surface area contributed by atoms with Gasteiger partial charge in [-0.2, -0.15) is 0 Å². The van der Waals surface area contributed by atoms with Crippen molar-refractivity contribution in [1.82, 2.24) is 19.8 Å². The average molecular weight is 263 g/mol. The number of nitrogens with two attached hydrogens (primary N) is 1. The third-order valence-electron chi connectivity index (χ3n) is 3.88. The van der Waals surface area contributed by atoms with Crippen molar-refractivity contribution in [3.05, 3.63) is 24.3 Å². The fraction of sp³-hybridized carbons (Fsp3) is 0.714. The third-order valence-corrected chi connectivity index (χ3v) is 3.88. The molecule has 5 heteroatoms. The van der Waals surface area contributed by atoms with Gasteiger partial charge in [0, 0.05) is 44.6 Å². The van der Waals surface area contributed by atoms with Crippen LogP contribution in [-0.4, -0.2) is 58.5 Å². The lowest BCUT2D eigenvalue weighted by Crippen LogP contribution is -2.50. The summed E-state index contributed by atoms with van der Waals surface area (Å²) < 4.78 is 0. The summed E-state index contributed by atoms with van der Waals surface area (Å²) in [7, 11) is 0. The van der Waals surface area contributed by atoms with E-state index in [0.29, 0.717) is 6.04 Å². The van der Waals surface area contributed by atoms with Gasteiger partial charge in [-0.05, 0) is 25.5 Å². The van der Waals surface area contributed by atoms with Gasteiger partial charge in [0.1, 0.15) is 5.82 Å². The van der Waals surface area contributed by atoms with E-state index in [1.54, 1.807) is 0 Å². The molecule has 5 nitrogen and oxygen atoms in total. The minimum Gasteiger partial charge on any atom is -0.330 e. The molecule has 1 aromatic heterocycles. The number of hydrogen-bond donors (Lipinski definition) is 1. The molecule has 0 spiro atoms. The van der Waals surface area contributed by atoms with Crippen LogP contribution in [0.5, 0.6) is 0 Å². The van der Waals surface area contributed by atoms with E-state index >= 15 is 0 Å². The zero-order valence-electron chi connectivity index (χ0n) is 11.8. The third kappa shape index (κ3) is 4.23. The highest BCUT2D eigenvalue weighted by Crippen LogP contribution is 2.12. The largest absolute Gasteiger partial charge is 0.330 e. The van der Waals surface area contributed by atoms with Crippen LogP contribution in [-0.2, 0) is 6.54 Å². The molecular formula is C14H25N5. The van der Waals surface area contributed by atoms with E-state index in [0.717, 1.165) is 51.5 Å². The molecule has 0 bridgehead atoms. The van der Waals surface area contributed by atoms with Crippen molar-refractivity contribution in [3.63, 3.8) is 0 Å². The normalized spacial score (nSPS) is 19.5. The van der Waals surface area contributed by atoms with Gasteiger partial charge in [0.25, 0.3) is 0 Å². The van der Waals surface area contributed by atoms with Crippen molar-refractivity contribution in [3.8, 4) is 0 Å². The summed E-state index contributed by atoms with van der Waals surface area (Å²) >= 11 is 0. The molecule has 2 rings (SSSR count). The molecule has 1 saturated heterocycles. The predicted octanol–water partition coefficient (Wildman–Crippen LogP) is 0.722. The monoisotopic (exact) mass is 263 g/mol. The summed E-state index contributed by atoms with van der Waals surface area (Å²) in [6.45, 7) is 8.36. The van der Waals surface area contributed by atoms with Crippen LogP contribution in [0.2, 0.25) is 0 Å². The molecule has 0 radical (unpaired) electrons. The number of nitrogens with zero attached hydrogens (tertiary/aromatic N) is 4. The van der Waals surface area contributed by atoms with Gasteiger partial charge in [-0.25, -0.2) is 9.97 Å². The summed E-state index contributed by atoms with van der Waals surface area (Å²) in [5.41, 5.74) is 5.69. The second-order valence-electron chi connectivity index (χ2n) is 5.12. The first-order chi connectivity index (χ1) is 9.33. The topological polar surface area (TPSA) is 58.3 Å². The van der Waals surface area contributed by atoms with Crippen molar-refractivity contribution in [2.75, 3.05) is 32.7 Å². The van der Waals surface area contributed by atoms with E-state index in [2.05, 4.69) is 26.7 Å². The van der Waals surface area contributed by atoms with Crippen LogP contribution in [0.15, 0.2) is 18.5 Å². The first kappa shape index (κ1) is 14.4. The van der Waals surface area contributed by atoms with Crippen molar-refractivity contribution in [2.45, 2.75) is 32.4 Å². The summed E-state index contributed by atoms with van der Waals surface area (Å²) in [6.07, 6.45) is 5.93. The van der Waals surface area contributed by atoms with Crippen LogP contribution in [0.3, 0.4) is 0 Å². The Morgan fingerprint density at radius 1 is 1.21 bits per heavy atom. The van der Waals surface area contributed by atoms with Gasteiger partial charge in [-0.15, -0.1) is 0 Å². The second kappa shape index (κ2) is 7.53. The standard InChI is InChI=1S/C14H25N5/c1-2-13(4-5-15)19-10-8-18(9-11-19)12-14-16-6-3-7-17-14/h3,6-7,13H,2,4-5,8-12,15H2,1H3. The summed E-state index contributed by atoms with van der Waals surface area (Å²) in [4.78, 5) is 13.6. The van der Waals surface area contributed by atoms with Gasteiger partial charge in [0.2, 0.25) is 0 Å². The van der Waals surface area contributed by atoms with E-state index in [4.69, 9.17) is 5.73 Å². The Balaban J connectivity index is 1.79. The number of aromatic nitrogens is 2. The molecular weight excluding hydrogens is 238 g/mol. The molecule has 1 aromatic rings. The van der Waals surface area contributed by atoms with Crippen molar-refractivity contribution in [1.29, 1.82) is 0 Å². The lowest BCUT2D eigenvalue weighted by Gasteiger charge is -2.38. The van der Waals surface area contributed by atoms with Crippen molar-refractivity contribution < 1.29 is 0 Å². The Kier molecular flexibility index (Phi) is 5.69. The predicted molar refractivity (Wildman–Crippen MR) is 76.6 cm³/mol. The van der Waals surface area contributed by atoms with Gasteiger partial charge in [-0.1, -0.05) is 6.92 Å². The van der Waals surface area contributed by atoms with Gasteiger partial charge >= 0.3 is 0 Å². The molecule has 0 aliphatic carbocycles. The number of piperazine rings is 1. The Hall–Kier alpha value is -1.04. The SMILES string of the molecule is CCC(CCN)N1CCN(Cc2ncccn2)CC1. The highest BCUT2D eigenvalue weighted by molar-refractivity contribution is 4.89. The summed E-state index contributed by atoms with van der Waals surface area (Å²) in [5.74, 6) is 0.921. The molecule has 1 unspecified atom stereocenters. The first-order valence-corrected chi connectivity index (χ1v) is 7.26. The molecule has 0 saturated carbocycles. The van der Waals surface area contributed by atoms with E-state index in [1.165, 1.54) is 6.42 Å². The Bertz CT molecular complexity index is 348. The Labute approximate surface area is 115 Å².